The van der Waals surface area contributed by atoms with Crippen molar-refractivity contribution in [1.82, 2.24) is 19.1 Å². The molecule has 0 saturated carbocycles. The number of nitrogens with one attached hydrogen (secondary N) is 2. The van der Waals surface area contributed by atoms with Crippen LogP contribution in [0.4, 0.5) is 5.95 Å². The topological polar surface area (TPSA) is 116 Å². The maximum atomic E-state index is 12.7. The van der Waals surface area contributed by atoms with Gasteiger partial charge in [-0.05, 0) is 36.2 Å². The van der Waals surface area contributed by atoms with E-state index in [-0.39, 0.29) is 24.0 Å². The third kappa shape index (κ3) is 3.31. The molecule has 2 aromatic heterocycles. The Bertz CT molecular complexity index is 1450. The van der Waals surface area contributed by atoms with Gasteiger partial charge in [0, 0.05) is 7.05 Å². The summed E-state index contributed by atoms with van der Waals surface area (Å²) in [5.74, 6) is 1.68. The van der Waals surface area contributed by atoms with E-state index < -0.39 is 11.2 Å². The molecule has 0 amide bonds. The Morgan fingerprint density at radius 2 is 1.94 bits per heavy atom. The standard InChI is InChI=1S/C22H20N6O4/c1-13(15-6-4-3-5-7-15)28-18-19(27(2)22(30)25-20(18)29)24-21(28)26-23-11-14-8-9-16-17(10-14)32-12-31-16/h3-11,13H,12H2,1-2H3,(H,24,26)(H,25,29,30)/b23-11+. The second-order valence-electron chi connectivity index (χ2n) is 7.37. The third-order valence-corrected chi connectivity index (χ3v) is 5.39. The Morgan fingerprint density at radius 1 is 1.16 bits per heavy atom. The molecule has 0 aliphatic carbocycles. The van der Waals surface area contributed by atoms with E-state index in [1.165, 1.54) is 4.57 Å². The Hall–Kier alpha value is -4.34. The number of hydrazone groups is 1. The fourth-order valence-electron chi connectivity index (χ4n) is 3.70. The summed E-state index contributed by atoms with van der Waals surface area (Å²) in [6.45, 7) is 2.15. The summed E-state index contributed by atoms with van der Waals surface area (Å²) in [5.41, 5.74) is 4.20. The quantitative estimate of drug-likeness (QED) is 0.369. The molecule has 0 fully saturated rings. The van der Waals surface area contributed by atoms with Crippen molar-refractivity contribution in [1.29, 1.82) is 0 Å². The zero-order valence-corrected chi connectivity index (χ0v) is 17.4. The maximum Gasteiger partial charge on any atom is 0.329 e. The van der Waals surface area contributed by atoms with Crippen molar-refractivity contribution in [3.05, 3.63) is 80.5 Å². The SMILES string of the molecule is CC(c1ccccc1)n1c(N/N=C/c2ccc3c(c2)OCO3)nc2c1c(=O)[nH]c(=O)n2C. The van der Waals surface area contributed by atoms with Gasteiger partial charge in [-0.2, -0.15) is 10.1 Å². The largest absolute Gasteiger partial charge is 0.454 e. The van der Waals surface area contributed by atoms with Gasteiger partial charge in [0.15, 0.2) is 22.7 Å². The predicted octanol–water partition coefficient (Wildman–Crippen LogP) is 2.21. The van der Waals surface area contributed by atoms with Crippen LogP contribution in [0.1, 0.15) is 24.1 Å². The molecule has 3 heterocycles. The average Bonchev–Trinajstić information content (AvgIpc) is 3.42. The fraction of sp³-hybridized carbons (Fsp3) is 0.182. The lowest BCUT2D eigenvalue weighted by atomic mass is 10.1. The predicted molar refractivity (Wildman–Crippen MR) is 120 cm³/mol. The van der Waals surface area contributed by atoms with E-state index in [9.17, 15) is 9.59 Å². The van der Waals surface area contributed by atoms with Crippen molar-refractivity contribution >= 4 is 23.3 Å². The van der Waals surface area contributed by atoms with E-state index in [0.717, 1.165) is 11.1 Å². The van der Waals surface area contributed by atoms with Gasteiger partial charge in [0.2, 0.25) is 12.7 Å². The van der Waals surface area contributed by atoms with Crippen LogP contribution in [0.15, 0.2) is 63.2 Å². The molecule has 32 heavy (non-hydrogen) atoms. The first-order valence-electron chi connectivity index (χ1n) is 9.98. The summed E-state index contributed by atoms with van der Waals surface area (Å²) in [5, 5.41) is 4.30. The van der Waals surface area contributed by atoms with Crippen LogP contribution in [0.5, 0.6) is 11.5 Å². The van der Waals surface area contributed by atoms with E-state index >= 15 is 0 Å². The van der Waals surface area contributed by atoms with Crippen LogP contribution in [0.25, 0.3) is 11.2 Å². The Balaban J connectivity index is 1.57. The molecule has 0 spiro atoms. The van der Waals surface area contributed by atoms with Gasteiger partial charge >= 0.3 is 5.69 Å². The van der Waals surface area contributed by atoms with Crippen molar-refractivity contribution < 1.29 is 9.47 Å². The first-order valence-corrected chi connectivity index (χ1v) is 9.98. The van der Waals surface area contributed by atoms with Crippen molar-refractivity contribution in [2.24, 2.45) is 12.1 Å². The number of hydrogen-bond acceptors (Lipinski definition) is 7. The number of aromatic nitrogens is 4. The summed E-state index contributed by atoms with van der Waals surface area (Å²) in [6.07, 6.45) is 1.61. The fourth-order valence-corrected chi connectivity index (χ4v) is 3.70. The molecule has 1 atom stereocenters. The van der Waals surface area contributed by atoms with Crippen LogP contribution in [0.3, 0.4) is 0 Å². The highest BCUT2D eigenvalue weighted by molar-refractivity contribution is 5.82. The highest BCUT2D eigenvalue weighted by Gasteiger charge is 2.22. The number of hydrogen-bond donors (Lipinski definition) is 2. The molecule has 0 radical (unpaired) electrons. The minimum absolute atomic E-state index is 0.197. The zero-order valence-electron chi connectivity index (χ0n) is 17.4. The van der Waals surface area contributed by atoms with Crippen molar-refractivity contribution in [2.45, 2.75) is 13.0 Å². The number of fused-ring (bicyclic) bond motifs is 2. The second-order valence-corrected chi connectivity index (χ2v) is 7.37. The van der Waals surface area contributed by atoms with E-state index in [1.807, 2.05) is 55.5 Å². The Labute approximate surface area is 181 Å². The molecule has 0 bridgehead atoms. The molecule has 0 saturated heterocycles. The van der Waals surface area contributed by atoms with Crippen molar-refractivity contribution in [3.8, 4) is 11.5 Å². The molecule has 10 nitrogen and oxygen atoms in total. The molecule has 1 aliphatic rings. The lowest BCUT2D eigenvalue weighted by molar-refractivity contribution is 0.174. The van der Waals surface area contributed by atoms with Crippen molar-refractivity contribution in [3.63, 3.8) is 0 Å². The number of rotatable bonds is 5. The Kier molecular flexibility index (Phi) is 4.74. The van der Waals surface area contributed by atoms with Gasteiger partial charge in [-0.1, -0.05) is 30.3 Å². The summed E-state index contributed by atoms with van der Waals surface area (Å²) in [7, 11) is 1.56. The number of benzene rings is 2. The van der Waals surface area contributed by atoms with E-state index in [2.05, 4.69) is 20.5 Å². The Morgan fingerprint density at radius 3 is 2.75 bits per heavy atom. The number of aromatic amines is 1. The number of ether oxygens (including phenoxy) is 2. The van der Waals surface area contributed by atoms with Crippen molar-refractivity contribution in [2.75, 3.05) is 12.2 Å². The summed E-state index contributed by atoms with van der Waals surface area (Å²) < 4.78 is 13.7. The molecule has 2 aromatic carbocycles. The van der Waals surface area contributed by atoms with Crippen LogP contribution in [0, 0.1) is 0 Å². The lowest BCUT2D eigenvalue weighted by Crippen LogP contribution is -2.29. The molecule has 2 N–H and O–H groups in total. The number of H-pyrrole nitrogens is 1. The molecular formula is C22H20N6O4. The number of aryl methyl sites for hydroxylation is 1. The number of imidazole rings is 1. The molecular weight excluding hydrogens is 412 g/mol. The van der Waals surface area contributed by atoms with Gasteiger partial charge in [-0.25, -0.2) is 10.2 Å². The van der Waals surface area contributed by atoms with E-state index in [1.54, 1.807) is 17.8 Å². The molecule has 1 aliphatic heterocycles. The first-order chi connectivity index (χ1) is 15.5. The summed E-state index contributed by atoms with van der Waals surface area (Å²) >= 11 is 0. The van der Waals surface area contributed by atoms with Crippen LogP contribution >= 0.6 is 0 Å². The molecule has 162 valence electrons. The van der Waals surface area contributed by atoms with Crippen LogP contribution in [-0.4, -0.2) is 32.1 Å². The van der Waals surface area contributed by atoms with Gasteiger partial charge in [-0.15, -0.1) is 0 Å². The highest BCUT2D eigenvalue weighted by atomic mass is 16.7. The second kappa shape index (κ2) is 7.73. The van der Waals surface area contributed by atoms with E-state index in [0.29, 0.717) is 17.4 Å². The highest BCUT2D eigenvalue weighted by Crippen LogP contribution is 2.32. The first kappa shape index (κ1) is 19.6. The van der Waals surface area contributed by atoms with Crippen LogP contribution in [-0.2, 0) is 7.05 Å². The van der Waals surface area contributed by atoms with Gasteiger partial charge < -0.3 is 9.47 Å². The monoisotopic (exact) mass is 432 g/mol. The zero-order chi connectivity index (χ0) is 22.2. The van der Waals surface area contributed by atoms with Crippen LogP contribution < -0.4 is 26.1 Å². The molecule has 5 rings (SSSR count). The maximum absolute atomic E-state index is 12.7. The van der Waals surface area contributed by atoms with Gasteiger partial charge in [0.1, 0.15) is 0 Å². The van der Waals surface area contributed by atoms with Gasteiger partial charge in [0.25, 0.3) is 5.56 Å². The average molecular weight is 432 g/mol. The van der Waals surface area contributed by atoms with Crippen LogP contribution in [0.2, 0.25) is 0 Å². The number of nitrogens with zero attached hydrogens (tertiary/aromatic N) is 4. The van der Waals surface area contributed by atoms with Gasteiger partial charge in [0.05, 0.1) is 12.3 Å². The smallest absolute Gasteiger partial charge is 0.329 e. The number of anilines is 1. The minimum Gasteiger partial charge on any atom is -0.454 e. The molecule has 4 aromatic rings. The third-order valence-electron chi connectivity index (χ3n) is 5.39. The molecule has 1 unspecified atom stereocenters. The summed E-state index contributed by atoms with van der Waals surface area (Å²) in [6, 6.07) is 14.9. The lowest BCUT2D eigenvalue weighted by Gasteiger charge is -2.17. The normalized spacial score (nSPS) is 13.7. The van der Waals surface area contributed by atoms with Gasteiger partial charge in [-0.3, -0.25) is 18.9 Å². The summed E-state index contributed by atoms with van der Waals surface area (Å²) in [4.78, 5) is 31.6. The van der Waals surface area contributed by atoms with E-state index in [4.69, 9.17) is 9.47 Å². The molecule has 10 heteroatoms. The minimum atomic E-state index is -0.532.